The summed E-state index contributed by atoms with van der Waals surface area (Å²) in [4.78, 5) is 0. The van der Waals surface area contributed by atoms with Gasteiger partial charge in [0.15, 0.2) is 5.82 Å². The highest BCUT2D eigenvalue weighted by Gasteiger charge is 2.01. The van der Waals surface area contributed by atoms with Gasteiger partial charge in [0.1, 0.15) is 0 Å². The monoisotopic (exact) mass is 316 g/mol. The molecule has 1 heterocycles. The molecule has 104 valence electrons. The zero-order chi connectivity index (χ0) is 14.7. The Balaban J connectivity index is 1.83. The van der Waals surface area contributed by atoms with Crippen molar-refractivity contribution in [2.75, 3.05) is 5.43 Å². The molecule has 0 radical (unpaired) electrons. The fourth-order valence-electron chi connectivity index (χ4n) is 1.87. The highest BCUT2D eigenvalue weighted by Crippen LogP contribution is 2.22. The van der Waals surface area contributed by atoms with E-state index < -0.39 is 0 Å². The first-order valence-electron chi connectivity index (χ1n) is 6.18. The summed E-state index contributed by atoms with van der Waals surface area (Å²) in [5.74, 6) is 0.601. The predicted octanol–water partition coefficient (Wildman–Crippen LogP) is 4.38. The second kappa shape index (κ2) is 6.08. The molecule has 0 aliphatic heterocycles. The van der Waals surface area contributed by atoms with Crippen molar-refractivity contribution in [2.45, 2.75) is 0 Å². The molecule has 0 atom stereocenters. The topological polar surface area (TPSA) is 50.2 Å². The lowest BCUT2D eigenvalue weighted by Crippen LogP contribution is -1.96. The summed E-state index contributed by atoms with van der Waals surface area (Å²) in [5.41, 5.74) is 3.73. The molecule has 0 saturated carbocycles. The Labute approximate surface area is 131 Å². The van der Waals surface area contributed by atoms with Gasteiger partial charge in [-0.1, -0.05) is 53.5 Å². The molecule has 21 heavy (non-hydrogen) atoms. The number of hydrogen-bond donors (Lipinski definition) is 1. The van der Waals surface area contributed by atoms with Gasteiger partial charge >= 0.3 is 0 Å². The third kappa shape index (κ3) is 3.12. The maximum atomic E-state index is 5.95. The molecule has 0 aliphatic carbocycles. The van der Waals surface area contributed by atoms with Crippen LogP contribution in [0.2, 0.25) is 10.0 Å². The molecule has 0 fully saturated rings. The number of nitrogens with one attached hydrogen (secondary N) is 1. The van der Waals surface area contributed by atoms with E-state index in [1.54, 1.807) is 24.5 Å². The van der Waals surface area contributed by atoms with Crippen molar-refractivity contribution in [1.82, 2.24) is 10.2 Å². The number of hydrazone groups is 1. The third-order valence-electron chi connectivity index (χ3n) is 2.90. The van der Waals surface area contributed by atoms with Crippen LogP contribution in [0.4, 0.5) is 5.82 Å². The van der Waals surface area contributed by atoms with Gasteiger partial charge in [-0.05, 0) is 17.7 Å². The van der Waals surface area contributed by atoms with Crippen molar-refractivity contribution in [1.29, 1.82) is 0 Å². The molecule has 1 aromatic heterocycles. The van der Waals surface area contributed by atoms with Gasteiger partial charge < -0.3 is 0 Å². The number of benzene rings is 2. The number of hydrogen-bond acceptors (Lipinski definition) is 4. The van der Waals surface area contributed by atoms with Crippen molar-refractivity contribution >= 4 is 46.0 Å². The van der Waals surface area contributed by atoms with E-state index in [1.165, 1.54) is 0 Å². The second-order valence-corrected chi connectivity index (χ2v) is 5.14. The van der Waals surface area contributed by atoms with Crippen molar-refractivity contribution in [2.24, 2.45) is 5.10 Å². The summed E-state index contributed by atoms with van der Waals surface area (Å²) in [7, 11) is 0. The van der Waals surface area contributed by atoms with Crippen LogP contribution in [0.5, 0.6) is 0 Å². The normalized spacial score (nSPS) is 11.1. The van der Waals surface area contributed by atoms with Gasteiger partial charge in [-0.3, -0.25) is 5.43 Å². The Bertz CT molecular complexity index is 812. The van der Waals surface area contributed by atoms with E-state index in [0.29, 0.717) is 15.9 Å². The highest BCUT2D eigenvalue weighted by molar-refractivity contribution is 6.42. The van der Waals surface area contributed by atoms with Crippen molar-refractivity contribution in [3.05, 3.63) is 64.3 Å². The van der Waals surface area contributed by atoms with E-state index in [2.05, 4.69) is 20.7 Å². The predicted molar refractivity (Wildman–Crippen MR) is 87.2 cm³/mol. The molecule has 3 aromatic rings. The number of nitrogens with zero attached hydrogens (tertiary/aromatic N) is 3. The Morgan fingerprint density at radius 2 is 1.90 bits per heavy atom. The van der Waals surface area contributed by atoms with Gasteiger partial charge in [0.2, 0.25) is 0 Å². The van der Waals surface area contributed by atoms with Crippen LogP contribution in [0, 0.1) is 0 Å². The molecular weight excluding hydrogens is 307 g/mol. The average Bonchev–Trinajstić information content (AvgIpc) is 2.51. The lowest BCUT2D eigenvalue weighted by molar-refractivity contribution is 1.04. The smallest absolute Gasteiger partial charge is 0.176 e. The van der Waals surface area contributed by atoms with Gasteiger partial charge in [0.25, 0.3) is 0 Å². The third-order valence-corrected chi connectivity index (χ3v) is 3.64. The number of fused-ring (bicyclic) bond motifs is 1. The fourth-order valence-corrected chi connectivity index (χ4v) is 2.18. The molecular formula is C15H10Cl2N4. The van der Waals surface area contributed by atoms with E-state index in [4.69, 9.17) is 23.2 Å². The molecule has 0 spiro atoms. The molecule has 0 unspecified atom stereocenters. The minimum absolute atomic E-state index is 0.491. The summed E-state index contributed by atoms with van der Waals surface area (Å²) in [6, 6.07) is 13.1. The lowest BCUT2D eigenvalue weighted by Gasteiger charge is -2.03. The molecule has 0 saturated heterocycles. The average molecular weight is 317 g/mol. The summed E-state index contributed by atoms with van der Waals surface area (Å²) in [6.07, 6.45) is 3.36. The molecule has 4 nitrogen and oxygen atoms in total. The SMILES string of the molecule is Clc1ccc(C=NNc2nncc3ccccc23)cc1Cl. The first kappa shape index (κ1) is 13.8. The number of anilines is 1. The molecule has 0 aliphatic rings. The summed E-state index contributed by atoms with van der Waals surface area (Å²) in [5, 5.41) is 15.1. The molecule has 6 heteroatoms. The quantitative estimate of drug-likeness (QED) is 0.576. The molecule has 1 N–H and O–H groups in total. The summed E-state index contributed by atoms with van der Waals surface area (Å²) >= 11 is 11.8. The zero-order valence-electron chi connectivity index (χ0n) is 10.8. The second-order valence-electron chi connectivity index (χ2n) is 4.32. The Morgan fingerprint density at radius 3 is 2.76 bits per heavy atom. The maximum Gasteiger partial charge on any atom is 0.176 e. The fraction of sp³-hybridized carbons (Fsp3) is 0. The van der Waals surface area contributed by atoms with Crippen LogP contribution in [0.15, 0.2) is 53.8 Å². The zero-order valence-corrected chi connectivity index (χ0v) is 12.3. The number of halogens is 2. The molecule has 3 rings (SSSR count). The maximum absolute atomic E-state index is 5.95. The first-order valence-corrected chi connectivity index (χ1v) is 6.94. The molecule has 0 bridgehead atoms. The first-order chi connectivity index (χ1) is 10.2. The van der Waals surface area contributed by atoms with Crippen LogP contribution in [-0.2, 0) is 0 Å². The largest absolute Gasteiger partial charge is 0.259 e. The van der Waals surface area contributed by atoms with E-state index in [-0.39, 0.29) is 0 Å². The van der Waals surface area contributed by atoms with Crippen LogP contribution in [0.3, 0.4) is 0 Å². The summed E-state index contributed by atoms with van der Waals surface area (Å²) in [6.45, 7) is 0. The van der Waals surface area contributed by atoms with Crippen molar-refractivity contribution in [3.8, 4) is 0 Å². The van der Waals surface area contributed by atoms with Gasteiger partial charge in [-0.25, -0.2) is 0 Å². The van der Waals surface area contributed by atoms with E-state index in [9.17, 15) is 0 Å². The Morgan fingerprint density at radius 1 is 1.05 bits per heavy atom. The minimum Gasteiger partial charge on any atom is -0.259 e. The van der Waals surface area contributed by atoms with Crippen molar-refractivity contribution in [3.63, 3.8) is 0 Å². The number of aromatic nitrogens is 2. The van der Waals surface area contributed by atoms with Crippen LogP contribution in [0.25, 0.3) is 10.8 Å². The number of rotatable bonds is 3. The Kier molecular flexibility index (Phi) is 3.99. The molecule has 2 aromatic carbocycles. The van der Waals surface area contributed by atoms with Crippen LogP contribution < -0.4 is 5.43 Å². The van der Waals surface area contributed by atoms with Crippen LogP contribution >= 0.6 is 23.2 Å². The minimum atomic E-state index is 0.491. The summed E-state index contributed by atoms with van der Waals surface area (Å²) < 4.78 is 0. The van der Waals surface area contributed by atoms with Gasteiger partial charge in [-0.2, -0.15) is 10.2 Å². The Hall–Kier alpha value is -2.17. The van der Waals surface area contributed by atoms with Crippen LogP contribution in [0.1, 0.15) is 5.56 Å². The van der Waals surface area contributed by atoms with E-state index >= 15 is 0 Å². The van der Waals surface area contributed by atoms with Gasteiger partial charge in [0.05, 0.1) is 22.5 Å². The van der Waals surface area contributed by atoms with Crippen molar-refractivity contribution < 1.29 is 0 Å². The van der Waals surface area contributed by atoms with E-state index in [0.717, 1.165) is 16.3 Å². The lowest BCUT2D eigenvalue weighted by atomic mass is 10.2. The standard InChI is InChI=1S/C15H10Cl2N4/c16-13-6-5-10(7-14(13)17)8-18-20-15-12-4-2-1-3-11(12)9-19-21-15/h1-9H,(H,20,21). The van der Waals surface area contributed by atoms with E-state index in [1.807, 2.05) is 30.3 Å². The molecule has 0 amide bonds. The van der Waals surface area contributed by atoms with Gasteiger partial charge in [0, 0.05) is 10.8 Å². The van der Waals surface area contributed by atoms with Gasteiger partial charge in [-0.15, -0.1) is 5.10 Å². The highest BCUT2D eigenvalue weighted by atomic mass is 35.5. The van der Waals surface area contributed by atoms with Crippen LogP contribution in [-0.4, -0.2) is 16.4 Å².